The van der Waals surface area contributed by atoms with Gasteiger partial charge in [-0.1, -0.05) is 22.8 Å². The minimum atomic E-state index is -4.31. The second-order valence-electron chi connectivity index (χ2n) is 8.02. The molecule has 0 saturated heterocycles. The van der Waals surface area contributed by atoms with Gasteiger partial charge in [-0.2, -0.15) is 0 Å². The number of aryl methyl sites for hydroxylation is 2. The lowest BCUT2D eigenvalue weighted by atomic mass is 9.94. The smallest absolute Gasteiger partial charge is 0.265 e. The van der Waals surface area contributed by atoms with Crippen molar-refractivity contribution in [3.05, 3.63) is 64.3 Å². The average Bonchev–Trinajstić information content (AvgIpc) is 3.23. The first kappa shape index (κ1) is 23.4. The van der Waals surface area contributed by atoms with Gasteiger partial charge in [-0.05, 0) is 54.7 Å². The fraction of sp³-hybridized carbons (Fsp3) is 0.208. The van der Waals surface area contributed by atoms with Gasteiger partial charge in [0.2, 0.25) is 0 Å². The molecule has 0 unspecified atom stereocenters. The van der Waals surface area contributed by atoms with Crippen LogP contribution in [0.25, 0.3) is 22.1 Å². The van der Waals surface area contributed by atoms with Crippen LogP contribution in [0.2, 0.25) is 5.02 Å². The van der Waals surface area contributed by atoms with Crippen LogP contribution in [0.1, 0.15) is 17.7 Å². The molecule has 0 radical (unpaired) electrons. The van der Waals surface area contributed by atoms with Crippen LogP contribution in [-0.2, 0) is 22.9 Å². The van der Waals surface area contributed by atoms with Gasteiger partial charge in [-0.25, -0.2) is 17.2 Å². The highest BCUT2D eigenvalue weighted by Gasteiger charge is 2.29. The Kier molecular flexibility index (Phi) is 5.80. The molecule has 0 fully saturated rings. The number of benzene rings is 3. The molecule has 3 aromatic carbocycles. The van der Waals surface area contributed by atoms with E-state index in [2.05, 4.69) is 9.88 Å². The highest BCUT2D eigenvalue weighted by Crippen LogP contribution is 2.42. The zero-order chi connectivity index (χ0) is 24.9. The van der Waals surface area contributed by atoms with Crippen molar-refractivity contribution in [2.24, 2.45) is 0 Å². The van der Waals surface area contributed by atoms with Crippen molar-refractivity contribution in [3.63, 3.8) is 0 Å². The molecule has 5 rings (SSSR count). The summed E-state index contributed by atoms with van der Waals surface area (Å²) in [5.41, 5.74) is 1.76. The number of nitrogens with one attached hydrogen (secondary N) is 1. The SMILES string of the molecule is COc1cc(F)c2cc1NS(=O)(=O)c1cc3c(noc3c(Cl)c1OC)CCCc1cc(F)ccc1-2. The van der Waals surface area contributed by atoms with Gasteiger partial charge in [-0.3, -0.25) is 4.72 Å². The van der Waals surface area contributed by atoms with Gasteiger partial charge < -0.3 is 14.0 Å². The van der Waals surface area contributed by atoms with Crippen molar-refractivity contribution in [1.29, 1.82) is 0 Å². The quantitative estimate of drug-likeness (QED) is 0.363. The Morgan fingerprint density at radius 1 is 1.06 bits per heavy atom. The number of aromatic nitrogens is 1. The summed E-state index contributed by atoms with van der Waals surface area (Å²) in [4.78, 5) is -0.241. The van der Waals surface area contributed by atoms with E-state index in [0.29, 0.717) is 41.5 Å². The number of sulfonamides is 1. The van der Waals surface area contributed by atoms with Gasteiger partial charge in [0, 0.05) is 17.0 Å². The zero-order valence-corrected chi connectivity index (χ0v) is 20.2. The molecule has 0 aliphatic carbocycles. The number of methoxy groups -OCH3 is 2. The van der Waals surface area contributed by atoms with E-state index in [0.717, 1.165) is 6.07 Å². The van der Waals surface area contributed by atoms with Gasteiger partial charge in [0.15, 0.2) is 11.3 Å². The molecular weight excluding hydrogens is 502 g/mol. The number of hydrogen-bond acceptors (Lipinski definition) is 6. The first-order valence-electron chi connectivity index (χ1n) is 10.6. The molecule has 1 aliphatic heterocycles. The second-order valence-corrected chi connectivity index (χ2v) is 10.0. The highest BCUT2D eigenvalue weighted by molar-refractivity contribution is 7.92. The van der Waals surface area contributed by atoms with E-state index in [4.69, 9.17) is 25.6 Å². The number of nitrogens with zero attached hydrogens (tertiary/aromatic N) is 1. The number of hydrogen-bond donors (Lipinski definition) is 1. The van der Waals surface area contributed by atoms with E-state index < -0.39 is 21.7 Å². The Hall–Kier alpha value is -3.37. The summed E-state index contributed by atoms with van der Waals surface area (Å²) in [6.45, 7) is 0. The molecule has 11 heteroatoms. The van der Waals surface area contributed by atoms with Crippen molar-refractivity contribution in [2.75, 3.05) is 18.9 Å². The molecule has 4 aromatic rings. The van der Waals surface area contributed by atoms with E-state index in [1.807, 2.05) is 0 Å². The topological polar surface area (TPSA) is 90.7 Å². The van der Waals surface area contributed by atoms with Crippen LogP contribution in [0.3, 0.4) is 0 Å². The Bertz CT molecular complexity index is 1590. The van der Waals surface area contributed by atoms with Crippen molar-refractivity contribution in [1.82, 2.24) is 5.16 Å². The third-order valence-electron chi connectivity index (χ3n) is 5.94. The molecule has 35 heavy (non-hydrogen) atoms. The lowest BCUT2D eigenvalue weighted by Crippen LogP contribution is -2.15. The number of fused-ring (bicyclic) bond motifs is 5. The summed E-state index contributed by atoms with van der Waals surface area (Å²) in [7, 11) is -1.73. The van der Waals surface area contributed by atoms with Crippen LogP contribution in [0.5, 0.6) is 11.5 Å². The maximum absolute atomic E-state index is 15.1. The lowest BCUT2D eigenvalue weighted by molar-refractivity contribution is 0.400. The van der Waals surface area contributed by atoms with E-state index >= 15 is 4.39 Å². The average molecular weight is 521 g/mol. The zero-order valence-electron chi connectivity index (χ0n) is 18.6. The molecule has 1 aromatic heterocycles. The second kappa shape index (κ2) is 8.69. The van der Waals surface area contributed by atoms with E-state index in [-0.39, 0.29) is 38.3 Å². The summed E-state index contributed by atoms with van der Waals surface area (Å²) in [5, 5.41) is 4.44. The minimum Gasteiger partial charge on any atom is -0.494 e. The summed E-state index contributed by atoms with van der Waals surface area (Å²) in [6, 6.07) is 7.83. The fourth-order valence-electron chi connectivity index (χ4n) is 4.30. The first-order valence-corrected chi connectivity index (χ1v) is 12.4. The molecule has 7 nitrogen and oxygen atoms in total. The molecular formula is C24H19ClF2N2O5S. The molecule has 4 bridgehead atoms. The Labute approximate surface area is 204 Å². The van der Waals surface area contributed by atoms with Crippen LogP contribution in [0.4, 0.5) is 14.5 Å². The van der Waals surface area contributed by atoms with Crippen molar-refractivity contribution < 1.29 is 31.2 Å². The van der Waals surface area contributed by atoms with Crippen LogP contribution >= 0.6 is 11.6 Å². The van der Waals surface area contributed by atoms with Crippen molar-refractivity contribution in [3.8, 4) is 22.6 Å². The maximum Gasteiger partial charge on any atom is 0.265 e. The third-order valence-corrected chi connectivity index (χ3v) is 7.66. The van der Waals surface area contributed by atoms with Crippen LogP contribution in [0.15, 0.2) is 45.8 Å². The Morgan fingerprint density at radius 3 is 2.60 bits per heavy atom. The van der Waals surface area contributed by atoms with E-state index in [9.17, 15) is 12.8 Å². The Balaban J connectivity index is 1.80. The monoisotopic (exact) mass is 520 g/mol. The number of rotatable bonds is 2. The molecule has 0 saturated carbocycles. The summed E-state index contributed by atoms with van der Waals surface area (Å²) < 4.78 is 74.7. The predicted octanol–water partition coefficient (Wildman–Crippen LogP) is 5.73. The van der Waals surface area contributed by atoms with Crippen LogP contribution in [0, 0.1) is 11.6 Å². The standard InChI is InChI=1S/C24H19ClF2N2O5S/c1-32-20-11-17(27)15-9-19(20)29-35(30,31)21-10-16-18(28-34-23(16)22(25)24(21)33-2)5-3-4-12-8-13(26)6-7-14(12)15/h6-11,29H,3-5H2,1-2H3. The van der Waals surface area contributed by atoms with Gasteiger partial charge in [0.05, 0.1) is 25.6 Å². The maximum atomic E-state index is 15.1. The third kappa shape index (κ3) is 3.96. The van der Waals surface area contributed by atoms with Gasteiger partial charge in [0.1, 0.15) is 27.3 Å². The summed E-state index contributed by atoms with van der Waals surface area (Å²) in [6.07, 6.45) is 1.30. The number of ether oxygens (including phenoxy) is 2. The normalized spacial score (nSPS) is 14.8. The molecule has 0 amide bonds. The first-order chi connectivity index (χ1) is 16.7. The summed E-state index contributed by atoms with van der Waals surface area (Å²) >= 11 is 6.44. The predicted molar refractivity (Wildman–Crippen MR) is 127 cm³/mol. The van der Waals surface area contributed by atoms with Gasteiger partial charge in [0.25, 0.3) is 10.0 Å². The van der Waals surface area contributed by atoms with Crippen LogP contribution in [-0.4, -0.2) is 27.8 Å². The van der Waals surface area contributed by atoms with E-state index in [1.54, 1.807) is 0 Å². The lowest BCUT2D eigenvalue weighted by Gasteiger charge is -2.18. The number of halogens is 3. The Morgan fingerprint density at radius 2 is 1.86 bits per heavy atom. The summed E-state index contributed by atoms with van der Waals surface area (Å²) in [5.74, 6) is -1.27. The van der Waals surface area contributed by atoms with Crippen molar-refractivity contribution in [2.45, 2.75) is 24.2 Å². The van der Waals surface area contributed by atoms with E-state index in [1.165, 1.54) is 44.6 Å². The van der Waals surface area contributed by atoms with Gasteiger partial charge in [-0.15, -0.1) is 0 Å². The molecule has 0 atom stereocenters. The van der Waals surface area contributed by atoms with Crippen molar-refractivity contribution >= 4 is 38.3 Å². The highest BCUT2D eigenvalue weighted by atomic mass is 35.5. The molecule has 2 heterocycles. The molecule has 182 valence electrons. The van der Waals surface area contributed by atoms with Gasteiger partial charge >= 0.3 is 0 Å². The van der Waals surface area contributed by atoms with Crippen LogP contribution < -0.4 is 14.2 Å². The molecule has 1 aliphatic rings. The largest absolute Gasteiger partial charge is 0.494 e. The minimum absolute atomic E-state index is 0.0138. The number of anilines is 1. The molecule has 1 N–H and O–H groups in total. The molecule has 0 spiro atoms. The fourth-order valence-corrected chi connectivity index (χ4v) is 5.94.